The molecule has 0 atom stereocenters. The molecule has 0 aliphatic carbocycles. The van der Waals surface area contributed by atoms with E-state index < -0.39 is 17.4 Å². The van der Waals surface area contributed by atoms with Gasteiger partial charge >= 0.3 is 5.63 Å². The van der Waals surface area contributed by atoms with E-state index in [4.69, 9.17) is 13.9 Å². The predicted octanol–water partition coefficient (Wildman–Crippen LogP) is 2.42. The summed E-state index contributed by atoms with van der Waals surface area (Å²) in [7, 11) is 0. The number of carbonyl (C=O) groups excluding carboxylic acids is 2. The summed E-state index contributed by atoms with van der Waals surface area (Å²) in [4.78, 5) is 36.2. The molecule has 0 spiro atoms. The number of para-hydroxylation sites is 1. The number of benzene rings is 2. The zero-order valence-corrected chi connectivity index (χ0v) is 15.8. The minimum absolute atomic E-state index is 0.232. The third-order valence-electron chi connectivity index (χ3n) is 3.85. The number of ether oxygens (including phenoxy) is 2. The summed E-state index contributed by atoms with van der Waals surface area (Å²) in [5.74, 6) is -0.276. The van der Waals surface area contributed by atoms with Crippen LogP contribution in [0, 0.1) is 0 Å². The first-order chi connectivity index (χ1) is 14.1. The van der Waals surface area contributed by atoms with E-state index in [0.717, 1.165) is 6.42 Å². The van der Waals surface area contributed by atoms with Crippen molar-refractivity contribution < 1.29 is 23.5 Å². The van der Waals surface area contributed by atoms with Crippen LogP contribution in [0.1, 0.15) is 23.7 Å². The normalized spacial score (nSPS) is 10.4. The van der Waals surface area contributed by atoms with Crippen LogP contribution in [-0.2, 0) is 4.79 Å². The summed E-state index contributed by atoms with van der Waals surface area (Å²) in [6, 6.07) is 15.2. The van der Waals surface area contributed by atoms with E-state index in [1.807, 2.05) is 13.0 Å². The molecular weight excluding hydrogens is 376 g/mol. The van der Waals surface area contributed by atoms with E-state index in [2.05, 4.69) is 10.9 Å². The second kappa shape index (κ2) is 9.41. The number of rotatable bonds is 7. The lowest BCUT2D eigenvalue weighted by Gasteiger charge is -2.09. The topological polar surface area (TPSA) is 107 Å². The van der Waals surface area contributed by atoms with Crippen LogP contribution in [0.4, 0.5) is 0 Å². The van der Waals surface area contributed by atoms with Crippen molar-refractivity contribution >= 4 is 22.8 Å². The van der Waals surface area contributed by atoms with Gasteiger partial charge in [-0.25, -0.2) is 4.79 Å². The summed E-state index contributed by atoms with van der Waals surface area (Å²) in [5, 5.41) is 0.553. The van der Waals surface area contributed by atoms with Crippen LogP contribution in [0.5, 0.6) is 11.5 Å². The standard InChI is InChI=1S/C21H20N2O6/c1-2-10-27-16-9-8-14-11-17(21(26)29-18(14)12-16)20(25)23-22-19(24)13-28-15-6-4-3-5-7-15/h3-9,11-12H,2,10,13H2,1H3,(H,22,24)(H,23,25). The SMILES string of the molecule is CCCOc1ccc2cc(C(=O)NNC(=O)COc3ccccc3)c(=O)oc2c1. The van der Waals surface area contributed by atoms with Crippen LogP contribution in [0.3, 0.4) is 0 Å². The largest absolute Gasteiger partial charge is 0.493 e. The van der Waals surface area contributed by atoms with Gasteiger partial charge in [-0.3, -0.25) is 20.4 Å². The molecule has 0 fully saturated rings. The lowest BCUT2D eigenvalue weighted by molar-refractivity contribution is -0.123. The summed E-state index contributed by atoms with van der Waals surface area (Å²) >= 11 is 0. The van der Waals surface area contributed by atoms with Gasteiger partial charge in [0.2, 0.25) is 0 Å². The van der Waals surface area contributed by atoms with E-state index in [1.54, 1.807) is 42.5 Å². The molecule has 29 heavy (non-hydrogen) atoms. The molecule has 1 aromatic heterocycles. The van der Waals surface area contributed by atoms with Gasteiger partial charge in [-0.1, -0.05) is 25.1 Å². The van der Waals surface area contributed by atoms with Crippen molar-refractivity contribution in [2.75, 3.05) is 13.2 Å². The average Bonchev–Trinajstić information content (AvgIpc) is 2.74. The van der Waals surface area contributed by atoms with Crippen molar-refractivity contribution in [2.45, 2.75) is 13.3 Å². The van der Waals surface area contributed by atoms with Gasteiger partial charge < -0.3 is 13.9 Å². The number of fused-ring (bicyclic) bond motifs is 1. The Balaban J connectivity index is 1.61. The van der Waals surface area contributed by atoms with Gasteiger partial charge in [-0.2, -0.15) is 0 Å². The second-order valence-electron chi connectivity index (χ2n) is 6.10. The van der Waals surface area contributed by atoms with Crippen molar-refractivity contribution in [3.63, 3.8) is 0 Å². The van der Waals surface area contributed by atoms with Gasteiger partial charge in [-0.05, 0) is 36.8 Å². The Morgan fingerprint density at radius 3 is 2.52 bits per heavy atom. The molecule has 1 heterocycles. The maximum absolute atomic E-state index is 12.2. The first-order valence-corrected chi connectivity index (χ1v) is 9.04. The fourth-order valence-corrected chi connectivity index (χ4v) is 2.46. The Labute approximate surface area is 166 Å². The molecular formula is C21H20N2O6. The van der Waals surface area contributed by atoms with Crippen molar-refractivity contribution in [2.24, 2.45) is 0 Å². The quantitative estimate of drug-likeness (QED) is 0.469. The molecule has 2 aromatic carbocycles. The van der Waals surface area contributed by atoms with Gasteiger partial charge in [0.15, 0.2) is 6.61 Å². The number of amides is 2. The minimum atomic E-state index is -0.822. The number of nitrogens with one attached hydrogen (secondary N) is 2. The van der Waals surface area contributed by atoms with Crippen LogP contribution in [0.2, 0.25) is 0 Å². The van der Waals surface area contributed by atoms with E-state index in [9.17, 15) is 14.4 Å². The highest BCUT2D eigenvalue weighted by Crippen LogP contribution is 2.20. The third-order valence-corrected chi connectivity index (χ3v) is 3.85. The zero-order valence-electron chi connectivity index (χ0n) is 15.8. The van der Waals surface area contributed by atoms with Crippen molar-refractivity contribution in [1.82, 2.24) is 10.9 Å². The third kappa shape index (κ3) is 5.35. The molecule has 150 valence electrons. The molecule has 0 aliphatic rings. The van der Waals surface area contributed by atoms with Gasteiger partial charge in [-0.15, -0.1) is 0 Å². The van der Waals surface area contributed by atoms with Crippen molar-refractivity contribution in [3.8, 4) is 11.5 Å². The highest BCUT2D eigenvalue weighted by Gasteiger charge is 2.15. The molecule has 8 nitrogen and oxygen atoms in total. The molecule has 8 heteroatoms. The van der Waals surface area contributed by atoms with Crippen LogP contribution < -0.4 is 26.0 Å². The highest BCUT2D eigenvalue weighted by atomic mass is 16.5. The van der Waals surface area contributed by atoms with Gasteiger partial charge in [0.05, 0.1) is 6.61 Å². The Morgan fingerprint density at radius 2 is 1.76 bits per heavy atom. The molecule has 0 bridgehead atoms. The van der Waals surface area contributed by atoms with Crippen molar-refractivity contribution in [3.05, 3.63) is 70.6 Å². The molecule has 3 rings (SSSR count). The van der Waals surface area contributed by atoms with E-state index in [-0.39, 0.29) is 12.2 Å². The van der Waals surface area contributed by atoms with E-state index in [1.165, 1.54) is 6.07 Å². The fraction of sp³-hybridized carbons (Fsp3) is 0.190. The molecule has 0 saturated heterocycles. The smallest absolute Gasteiger partial charge is 0.349 e. The first-order valence-electron chi connectivity index (χ1n) is 9.04. The molecule has 2 N–H and O–H groups in total. The van der Waals surface area contributed by atoms with Crippen molar-refractivity contribution in [1.29, 1.82) is 0 Å². The summed E-state index contributed by atoms with van der Waals surface area (Å²) < 4.78 is 16.0. The lowest BCUT2D eigenvalue weighted by atomic mass is 10.1. The molecule has 0 aliphatic heterocycles. The van der Waals surface area contributed by atoms with Gasteiger partial charge in [0.1, 0.15) is 22.6 Å². The summed E-state index contributed by atoms with van der Waals surface area (Å²) in [6.45, 7) is 2.24. The average molecular weight is 396 g/mol. The fourth-order valence-electron chi connectivity index (χ4n) is 2.46. The zero-order chi connectivity index (χ0) is 20.6. The second-order valence-corrected chi connectivity index (χ2v) is 6.10. The highest BCUT2D eigenvalue weighted by molar-refractivity contribution is 5.97. The van der Waals surface area contributed by atoms with Crippen LogP contribution in [0.25, 0.3) is 11.0 Å². The predicted molar refractivity (Wildman–Crippen MR) is 106 cm³/mol. The molecule has 3 aromatic rings. The maximum atomic E-state index is 12.2. The number of hydrogen-bond acceptors (Lipinski definition) is 6. The number of hydrogen-bond donors (Lipinski definition) is 2. The number of carbonyl (C=O) groups is 2. The Hall–Kier alpha value is -3.81. The molecule has 0 radical (unpaired) electrons. The molecule has 0 saturated carbocycles. The molecule has 0 unspecified atom stereocenters. The van der Waals surface area contributed by atoms with Crippen LogP contribution >= 0.6 is 0 Å². The minimum Gasteiger partial charge on any atom is -0.493 e. The Bertz CT molecular complexity index is 1060. The maximum Gasteiger partial charge on any atom is 0.349 e. The summed E-state index contributed by atoms with van der Waals surface area (Å²) in [6.07, 6.45) is 0.850. The summed E-state index contributed by atoms with van der Waals surface area (Å²) in [5.41, 5.74) is 3.62. The lowest BCUT2D eigenvalue weighted by Crippen LogP contribution is -2.45. The Kier molecular flexibility index (Phi) is 6.47. The first kappa shape index (κ1) is 19.9. The Morgan fingerprint density at radius 1 is 0.966 bits per heavy atom. The van der Waals surface area contributed by atoms with Crippen LogP contribution in [-0.4, -0.2) is 25.0 Å². The van der Waals surface area contributed by atoms with Crippen LogP contribution in [0.15, 0.2) is 63.8 Å². The van der Waals surface area contributed by atoms with E-state index >= 15 is 0 Å². The number of hydrazine groups is 1. The van der Waals surface area contributed by atoms with Gasteiger partial charge in [0.25, 0.3) is 11.8 Å². The molecule has 2 amide bonds. The monoisotopic (exact) mass is 396 g/mol. The van der Waals surface area contributed by atoms with E-state index in [0.29, 0.717) is 29.1 Å². The van der Waals surface area contributed by atoms with Gasteiger partial charge in [0, 0.05) is 11.5 Å².